The van der Waals surface area contributed by atoms with Crippen molar-refractivity contribution in [3.63, 3.8) is 0 Å². The highest BCUT2D eigenvalue weighted by atomic mass is 32.1. The number of aliphatic hydroxyl groups excluding tert-OH is 1. The van der Waals surface area contributed by atoms with Gasteiger partial charge in [-0.05, 0) is 37.2 Å². The number of aliphatic hydroxyl groups is 1. The first kappa shape index (κ1) is 16.0. The Balaban J connectivity index is 1.94. The van der Waals surface area contributed by atoms with Gasteiger partial charge in [0.05, 0.1) is 6.61 Å². The van der Waals surface area contributed by atoms with E-state index in [0.717, 1.165) is 18.5 Å². The van der Waals surface area contributed by atoms with Crippen LogP contribution in [0, 0.1) is 10.2 Å². The van der Waals surface area contributed by atoms with Crippen LogP contribution in [0.2, 0.25) is 0 Å². The summed E-state index contributed by atoms with van der Waals surface area (Å²) in [6.45, 7) is 3.39. The predicted molar refractivity (Wildman–Crippen MR) is 91.3 cm³/mol. The van der Waals surface area contributed by atoms with Crippen LogP contribution in [0.1, 0.15) is 30.3 Å². The third-order valence-corrected chi connectivity index (χ3v) is 4.76. The van der Waals surface area contributed by atoms with Gasteiger partial charge in [0.1, 0.15) is 5.69 Å². The van der Waals surface area contributed by atoms with Crippen LogP contribution in [0.4, 0.5) is 0 Å². The molecule has 2 N–H and O–H groups in total. The predicted octanol–water partition coefficient (Wildman–Crippen LogP) is 2.77. The highest BCUT2D eigenvalue weighted by Gasteiger charge is 2.33. The Morgan fingerprint density at radius 2 is 2.13 bits per heavy atom. The molecule has 0 spiro atoms. The number of aromatic amines is 1. The topological polar surface area (TPSA) is 61.3 Å². The Bertz CT molecular complexity index is 753. The number of benzene rings is 1. The fourth-order valence-corrected chi connectivity index (χ4v) is 3.40. The average molecular weight is 331 g/mol. The number of carbonyl (C=O) groups excluding carboxylic acids is 1. The minimum absolute atomic E-state index is 0.0550. The van der Waals surface area contributed by atoms with Gasteiger partial charge in [0.15, 0.2) is 4.77 Å². The first-order valence-corrected chi connectivity index (χ1v) is 8.21. The number of carbonyl (C=O) groups is 1. The molecule has 1 saturated heterocycles. The first-order chi connectivity index (χ1) is 11.0. The summed E-state index contributed by atoms with van der Waals surface area (Å²) in [6, 6.07) is 9.62. The molecule has 122 valence electrons. The summed E-state index contributed by atoms with van der Waals surface area (Å²) < 4.78 is 2.27. The van der Waals surface area contributed by atoms with Gasteiger partial charge < -0.3 is 15.0 Å². The zero-order valence-electron chi connectivity index (χ0n) is 13.2. The van der Waals surface area contributed by atoms with Crippen LogP contribution in [0.25, 0.3) is 5.69 Å². The second-order valence-corrected chi connectivity index (χ2v) is 6.84. The van der Waals surface area contributed by atoms with Gasteiger partial charge in [-0.25, -0.2) is 0 Å². The molecular formula is C17H21N3O2S. The minimum Gasteiger partial charge on any atom is -0.396 e. The van der Waals surface area contributed by atoms with E-state index >= 15 is 0 Å². The third-order valence-electron chi connectivity index (χ3n) is 4.46. The van der Waals surface area contributed by atoms with Gasteiger partial charge in [0, 0.05) is 30.4 Å². The van der Waals surface area contributed by atoms with Crippen LogP contribution < -0.4 is 0 Å². The maximum atomic E-state index is 13.0. The number of nitrogens with zero attached hydrogens (tertiary/aromatic N) is 2. The van der Waals surface area contributed by atoms with Crippen molar-refractivity contribution in [2.24, 2.45) is 5.41 Å². The monoisotopic (exact) mass is 331 g/mol. The summed E-state index contributed by atoms with van der Waals surface area (Å²) >= 11 is 5.34. The third kappa shape index (κ3) is 3.09. The number of hydrogen-bond donors (Lipinski definition) is 2. The SMILES string of the molecule is CC1(CO)CCCN(C(=O)c2c[nH]c(=S)n2-c2ccccc2)C1. The zero-order valence-corrected chi connectivity index (χ0v) is 14.0. The largest absolute Gasteiger partial charge is 0.396 e. The summed E-state index contributed by atoms with van der Waals surface area (Å²) in [5, 5.41) is 9.59. The summed E-state index contributed by atoms with van der Waals surface area (Å²) in [5.41, 5.74) is 1.17. The number of rotatable bonds is 3. The van der Waals surface area contributed by atoms with Crippen molar-refractivity contribution >= 4 is 18.1 Å². The van der Waals surface area contributed by atoms with E-state index in [-0.39, 0.29) is 17.9 Å². The molecule has 6 heteroatoms. The summed E-state index contributed by atoms with van der Waals surface area (Å²) in [6.07, 6.45) is 3.51. The van der Waals surface area contributed by atoms with Crippen molar-refractivity contribution in [2.75, 3.05) is 19.7 Å². The molecule has 1 aromatic carbocycles. The van der Waals surface area contributed by atoms with Gasteiger partial charge in [-0.15, -0.1) is 0 Å². The molecule has 0 aliphatic carbocycles. The van der Waals surface area contributed by atoms with Gasteiger partial charge in [-0.1, -0.05) is 25.1 Å². The van der Waals surface area contributed by atoms with E-state index in [4.69, 9.17) is 12.2 Å². The van der Waals surface area contributed by atoms with E-state index in [2.05, 4.69) is 4.98 Å². The van der Waals surface area contributed by atoms with E-state index in [1.165, 1.54) is 0 Å². The van der Waals surface area contributed by atoms with E-state index in [0.29, 0.717) is 23.6 Å². The van der Waals surface area contributed by atoms with Crippen LogP contribution in [0.5, 0.6) is 0 Å². The number of imidazole rings is 1. The molecule has 3 rings (SSSR count). The van der Waals surface area contributed by atoms with Crippen LogP contribution in [0.15, 0.2) is 36.5 Å². The van der Waals surface area contributed by atoms with Gasteiger partial charge in [0.25, 0.3) is 5.91 Å². The Kier molecular flexibility index (Phi) is 4.37. The van der Waals surface area contributed by atoms with Crippen molar-refractivity contribution in [1.82, 2.24) is 14.5 Å². The quantitative estimate of drug-likeness (QED) is 0.850. The molecule has 5 nitrogen and oxygen atoms in total. The molecule has 1 unspecified atom stereocenters. The minimum atomic E-state index is -0.224. The lowest BCUT2D eigenvalue weighted by Crippen LogP contribution is -2.46. The number of hydrogen-bond acceptors (Lipinski definition) is 3. The maximum Gasteiger partial charge on any atom is 0.272 e. The van der Waals surface area contributed by atoms with Gasteiger partial charge in [0.2, 0.25) is 0 Å². The molecule has 0 saturated carbocycles. The number of H-pyrrole nitrogens is 1. The second kappa shape index (κ2) is 6.29. The number of aromatic nitrogens is 2. The molecule has 0 bridgehead atoms. The molecule has 0 radical (unpaired) electrons. The van der Waals surface area contributed by atoms with Crippen LogP contribution in [0.3, 0.4) is 0 Å². The van der Waals surface area contributed by atoms with Gasteiger partial charge in [-0.3, -0.25) is 9.36 Å². The number of nitrogens with one attached hydrogen (secondary N) is 1. The molecule has 1 aliphatic heterocycles. The second-order valence-electron chi connectivity index (χ2n) is 6.45. The van der Waals surface area contributed by atoms with E-state index in [1.807, 2.05) is 42.2 Å². The Labute approximate surface area is 140 Å². The number of piperidine rings is 1. The number of amides is 1. The first-order valence-electron chi connectivity index (χ1n) is 7.80. The average Bonchev–Trinajstić information content (AvgIpc) is 2.96. The van der Waals surface area contributed by atoms with Gasteiger partial charge in [-0.2, -0.15) is 0 Å². The van der Waals surface area contributed by atoms with E-state index in [9.17, 15) is 9.90 Å². The normalized spacial score (nSPS) is 21.4. The van der Waals surface area contributed by atoms with E-state index < -0.39 is 0 Å². The lowest BCUT2D eigenvalue weighted by molar-refractivity contribution is 0.0352. The lowest BCUT2D eigenvalue weighted by atomic mass is 9.83. The molecule has 1 aliphatic rings. The van der Waals surface area contributed by atoms with Crippen molar-refractivity contribution in [3.8, 4) is 5.69 Å². The highest BCUT2D eigenvalue weighted by Crippen LogP contribution is 2.29. The Hall–Kier alpha value is -1.92. The van der Waals surface area contributed by atoms with Crippen molar-refractivity contribution in [1.29, 1.82) is 0 Å². The summed E-state index contributed by atoms with van der Waals surface area (Å²) in [7, 11) is 0. The van der Waals surface area contributed by atoms with E-state index in [1.54, 1.807) is 10.8 Å². The van der Waals surface area contributed by atoms with Crippen LogP contribution in [-0.4, -0.2) is 45.2 Å². The number of likely N-dealkylation sites (tertiary alicyclic amines) is 1. The summed E-state index contributed by atoms with van der Waals surface area (Å²) in [5.74, 6) is -0.0550. The smallest absolute Gasteiger partial charge is 0.272 e. The van der Waals surface area contributed by atoms with Crippen molar-refractivity contribution < 1.29 is 9.90 Å². The molecule has 2 heterocycles. The van der Waals surface area contributed by atoms with Crippen molar-refractivity contribution in [2.45, 2.75) is 19.8 Å². The molecule has 23 heavy (non-hydrogen) atoms. The Morgan fingerprint density at radius 3 is 2.83 bits per heavy atom. The maximum absolute atomic E-state index is 13.0. The Morgan fingerprint density at radius 1 is 1.39 bits per heavy atom. The molecule has 1 atom stereocenters. The van der Waals surface area contributed by atoms with Gasteiger partial charge >= 0.3 is 0 Å². The molecular weight excluding hydrogens is 310 g/mol. The standard InChI is InChI=1S/C17H21N3O2S/c1-17(12-21)8-5-9-19(11-17)15(22)14-10-18-16(23)20(14)13-6-3-2-4-7-13/h2-4,6-7,10,21H,5,8-9,11-12H2,1H3,(H,18,23). The fourth-order valence-electron chi connectivity index (χ4n) is 3.14. The molecule has 1 fully saturated rings. The number of para-hydroxylation sites is 1. The molecule has 2 aromatic rings. The molecule has 1 aromatic heterocycles. The zero-order chi connectivity index (χ0) is 16.4. The molecule has 1 amide bonds. The summed E-state index contributed by atoms with van der Waals surface area (Å²) in [4.78, 5) is 17.8. The fraction of sp³-hybridized carbons (Fsp3) is 0.412. The van der Waals surface area contributed by atoms with Crippen LogP contribution in [-0.2, 0) is 0 Å². The highest BCUT2D eigenvalue weighted by molar-refractivity contribution is 7.71. The lowest BCUT2D eigenvalue weighted by Gasteiger charge is -2.39. The van der Waals surface area contributed by atoms with Crippen LogP contribution >= 0.6 is 12.2 Å². The van der Waals surface area contributed by atoms with Crippen molar-refractivity contribution in [3.05, 3.63) is 47.0 Å².